The van der Waals surface area contributed by atoms with Crippen LogP contribution >= 0.6 is 0 Å². The molecule has 0 amide bonds. The van der Waals surface area contributed by atoms with Gasteiger partial charge >= 0.3 is 5.97 Å². The monoisotopic (exact) mass is 159 g/mol. The highest BCUT2D eigenvalue weighted by Gasteiger charge is 2.15. The maximum atomic E-state index is 10.9. The van der Waals surface area contributed by atoms with Crippen LogP contribution in [0, 0.1) is 0 Å². The molecule has 1 saturated heterocycles. The lowest BCUT2D eigenvalue weighted by Gasteiger charge is -2.10. The Morgan fingerprint density at radius 2 is 2.55 bits per heavy atom. The van der Waals surface area contributed by atoms with Crippen LogP contribution in [0.3, 0.4) is 0 Å². The lowest BCUT2D eigenvalue weighted by atomic mass is 10.5. The van der Waals surface area contributed by atoms with Gasteiger partial charge in [0.25, 0.3) is 0 Å². The Balaban J connectivity index is 2.13. The topological polar surface area (TPSA) is 38.8 Å². The molecule has 64 valence electrons. The Kier molecular flexibility index (Phi) is 3.32. The lowest BCUT2D eigenvalue weighted by molar-refractivity contribution is -0.144. The number of carbonyl (C=O) groups is 1. The number of ether oxygens (including phenoxy) is 2. The van der Waals surface area contributed by atoms with E-state index in [0.717, 1.165) is 13.2 Å². The first-order valence-electron chi connectivity index (χ1n) is 3.78. The number of rotatable bonds is 3. The Labute approximate surface area is 66.1 Å². The van der Waals surface area contributed by atoms with Gasteiger partial charge in [0.15, 0.2) is 0 Å². The molecule has 0 aliphatic carbocycles. The van der Waals surface area contributed by atoms with Crippen LogP contribution in [0.5, 0.6) is 0 Å². The van der Waals surface area contributed by atoms with Gasteiger partial charge in [0, 0.05) is 6.54 Å². The summed E-state index contributed by atoms with van der Waals surface area (Å²) in [6.07, 6.45) is 0. The van der Waals surface area contributed by atoms with Gasteiger partial charge in [-0.15, -0.1) is 0 Å². The molecule has 0 atom stereocenters. The average Bonchev–Trinajstić information content (AvgIpc) is 2.40. The van der Waals surface area contributed by atoms with Gasteiger partial charge in [-0.3, -0.25) is 9.69 Å². The first kappa shape index (κ1) is 8.49. The minimum absolute atomic E-state index is 0.169. The predicted molar refractivity (Wildman–Crippen MR) is 39.0 cm³/mol. The van der Waals surface area contributed by atoms with Crippen molar-refractivity contribution in [3.63, 3.8) is 0 Å². The van der Waals surface area contributed by atoms with Crippen molar-refractivity contribution < 1.29 is 14.3 Å². The van der Waals surface area contributed by atoms with Crippen molar-refractivity contribution in [3.8, 4) is 0 Å². The molecule has 1 aliphatic heterocycles. The molecule has 1 rings (SSSR count). The smallest absolute Gasteiger partial charge is 0.320 e. The van der Waals surface area contributed by atoms with Crippen molar-refractivity contribution in [2.45, 2.75) is 6.92 Å². The molecule has 0 bridgehead atoms. The normalized spacial score (nSPS) is 18.6. The minimum Gasteiger partial charge on any atom is -0.465 e. The van der Waals surface area contributed by atoms with Gasteiger partial charge in [-0.2, -0.15) is 0 Å². The Bertz CT molecular complexity index is 132. The molecule has 11 heavy (non-hydrogen) atoms. The van der Waals surface area contributed by atoms with Crippen LogP contribution in [0.25, 0.3) is 0 Å². The molecule has 0 radical (unpaired) electrons. The molecule has 0 aromatic carbocycles. The van der Waals surface area contributed by atoms with E-state index >= 15 is 0 Å². The summed E-state index contributed by atoms with van der Waals surface area (Å²) in [5.41, 5.74) is 0. The Morgan fingerprint density at radius 3 is 3.09 bits per heavy atom. The fourth-order valence-corrected chi connectivity index (χ4v) is 0.966. The molecule has 0 spiro atoms. The van der Waals surface area contributed by atoms with Crippen LogP contribution in [0.15, 0.2) is 0 Å². The lowest BCUT2D eigenvalue weighted by Crippen LogP contribution is -2.28. The zero-order valence-electron chi connectivity index (χ0n) is 6.71. The summed E-state index contributed by atoms with van der Waals surface area (Å²) in [6, 6.07) is 0. The predicted octanol–water partition coefficient (Wildman–Crippen LogP) is -0.161. The number of carbonyl (C=O) groups excluding carboxylic acids is 1. The second kappa shape index (κ2) is 4.31. The first-order chi connectivity index (χ1) is 5.33. The van der Waals surface area contributed by atoms with Gasteiger partial charge in [-0.05, 0) is 6.92 Å². The largest absolute Gasteiger partial charge is 0.465 e. The van der Waals surface area contributed by atoms with Crippen molar-refractivity contribution >= 4 is 5.97 Å². The molecule has 4 heteroatoms. The Morgan fingerprint density at radius 1 is 1.73 bits per heavy atom. The van der Waals surface area contributed by atoms with Crippen LogP contribution < -0.4 is 0 Å². The number of esters is 1. The van der Waals surface area contributed by atoms with Gasteiger partial charge in [0.1, 0.15) is 0 Å². The van der Waals surface area contributed by atoms with Crippen molar-refractivity contribution in [2.24, 2.45) is 0 Å². The maximum Gasteiger partial charge on any atom is 0.320 e. The number of hydrogen-bond acceptors (Lipinski definition) is 4. The van der Waals surface area contributed by atoms with Gasteiger partial charge in [0.05, 0.1) is 26.5 Å². The summed E-state index contributed by atoms with van der Waals surface area (Å²) < 4.78 is 9.82. The summed E-state index contributed by atoms with van der Waals surface area (Å²) in [5, 5.41) is 0. The quantitative estimate of drug-likeness (QED) is 0.536. The molecule has 4 nitrogen and oxygen atoms in total. The summed E-state index contributed by atoms with van der Waals surface area (Å²) in [5.74, 6) is -0.169. The van der Waals surface area contributed by atoms with E-state index in [4.69, 9.17) is 9.47 Å². The average molecular weight is 159 g/mol. The molecule has 1 fully saturated rings. The highest BCUT2D eigenvalue weighted by Crippen LogP contribution is 1.98. The van der Waals surface area contributed by atoms with E-state index in [-0.39, 0.29) is 5.97 Å². The second-order valence-electron chi connectivity index (χ2n) is 2.39. The Hall–Kier alpha value is -0.610. The molecule has 0 aromatic rings. The molecular weight excluding hydrogens is 146 g/mol. The maximum absolute atomic E-state index is 10.9. The van der Waals surface area contributed by atoms with E-state index in [9.17, 15) is 4.79 Å². The summed E-state index contributed by atoms with van der Waals surface area (Å²) >= 11 is 0. The van der Waals surface area contributed by atoms with Gasteiger partial charge < -0.3 is 9.47 Å². The van der Waals surface area contributed by atoms with E-state index in [2.05, 4.69) is 0 Å². The number of nitrogens with zero attached hydrogens (tertiary/aromatic N) is 1. The highest BCUT2D eigenvalue weighted by atomic mass is 16.5. The van der Waals surface area contributed by atoms with Crippen LogP contribution in [0.1, 0.15) is 6.92 Å². The van der Waals surface area contributed by atoms with E-state index in [0.29, 0.717) is 19.9 Å². The van der Waals surface area contributed by atoms with Crippen molar-refractivity contribution in [2.75, 3.05) is 33.0 Å². The fraction of sp³-hybridized carbons (Fsp3) is 0.857. The third-order valence-corrected chi connectivity index (χ3v) is 1.48. The third kappa shape index (κ3) is 2.86. The van der Waals surface area contributed by atoms with Crippen molar-refractivity contribution in [1.82, 2.24) is 4.90 Å². The highest BCUT2D eigenvalue weighted by molar-refractivity contribution is 5.71. The molecule has 1 aliphatic rings. The zero-order chi connectivity index (χ0) is 8.10. The first-order valence-corrected chi connectivity index (χ1v) is 3.78. The van der Waals surface area contributed by atoms with E-state index in [1.807, 2.05) is 4.90 Å². The van der Waals surface area contributed by atoms with Crippen LogP contribution in [0.4, 0.5) is 0 Å². The van der Waals surface area contributed by atoms with Gasteiger partial charge in [0.2, 0.25) is 0 Å². The number of hydrogen-bond donors (Lipinski definition) is 0. The van der Waals surface area contributed by atoms with Gasteiger partial charge in [-0.25, -0.2) is 0 Å². The third-order valence-electron chi connectivity index (χ3n) is 1.48. The minimum atomic E-state index is -0.169. The standard InChI is InChI=1S/C7H13NO3/c1-2-11-7(9)5-8-3-4-10-6-8/h2-6H2,1H3. The summed E-state index contributed by atoms with van der Waals surface area (Å²) in [6.45, 7) is 4.72. The molecule has 0 N–H and O–H groups in total. The van der Waals surface area contributed by atoms with Crippen molar-refractivity contribution in [3.05, 3.63) is 0 Å². The van der Waals surface area contributed by atoms with Crippen LogP contribution in [0.2, 0.25) is 0 Å². The molecule has 1 heterocycles. The van der Waals surface area contributed by atoms with Crippen LogP contribution in [-0.2, 0) is 14.3 Å². The molecule has 0 unspecified atom stereocenters. The zero-order valence-corrected chi connectivity index (χ0v) is 6.71. The fourth-order valence-electron chi connectivity index (χ4n) is 0.966. The van der Waals surface area contributed by atoms with E-state index in [1.165, 1.54) is 0 Å². The molecule has 0 aromatic heterocycles. The SMILES string of the molecule is CCOC(=O)CN1CCOC1. The van der Waals surface area contributed by atoms with E-state index < -0.39 is 0 Å². The van der Waals surface area contributed by atoms with Gasteiger partial charge in [-0.1, -0.05) is 0 Å². The van der Waals surface area contributed by atoms with E-state index in [1.54, 1.807) is 6.92 Å². The second-order valence-corrected chi connectivity index (χ2v) is 2.39. The summed E-state index contributed by atoms with van der Waals surface area (Å²) in [4.78, 5) is 12.8. The molecule has 0 saturated carbocycles. The van der Waals surface area contributed by atoms with Crippen LogP contribution in [-0.4, -0.2) is 43.9 Å². The summed E-state index contributed by atoms with van der Waals surface area (Å²) in [7, 11) is 0. The van der Waals surface area contributed by atoms with Crippen molar-refractivity contribution in [1.29, 1.82) is 0 Å². The molecular formula is C7H13NO3.